The maximum atomic E-state index is 13.4. The number of allylic oxidation sites excluding steroid dienone is 2. The van der Waals surface area contributed by atoms with Crippen molar-refractivity contribution in [3.8, 4) is 0 Å². The molecule has 0 radical (unpaired) electrons. The van der Waals surface area contributed by atoms with Crippen molar-refractivity contribution in [3.05, 3.63) is 58.1 Å². The van der Waals surface area contributed by atoms with E-state index in [-0.39, 0.29) is 88.8 Å². The van der Waals surface area contributed by atoms with E-state index in [2.05, 4.69) is 127 Å². The fourth-order valence-electron chi connectivity index (χ4n) is 14.3. The molecule has 0 spiro atoms. The third kappa shape index (κ3) is 36.1. The number of anilines is 1. The number of ether oxygens (including phenoxy) is 4. The normalized spacial score (nSPS) is 21.3. The summed E-state index contributed by atoms with van der Waals surface area (Å²) < 4.78 is 23.0. The van der Waals surface area contributed by atoms with Gasteiger partial charge in [-0.3, -0.25) is 29.5 Å². The summed E-state index contributed by atoms with van der Waals surface area (Å²) in [5.74, 6) is -0.672. The summed E-state index contributed by atoms with van der Waals surface area (Å²) in [4.78, 5) is 112. The number of nitrogens with one attached hydrogen (secondary N) is 7. The number of carbonyl (C=O) groups excluding carboxylic acids is 7. The molecule has 1 aromatic heterocycles. The number of aliphatic imine (C=N–C) groups is 1. The zero-order chi connectivity index (χ0) is 70.4. The van der Waals surface area contributed by atoms with Crippen LogP contribution in [0, 0.1) is 28.6 Å². The van der Waals surface area contributed by atoms with Crippen molar-refractivity contribution >= 4 is 53.9 Å². The second-order valence-electron chi connectivity index (χ2n) is 30.0. The predicted molar refractivity (Wildman–Crippen MR) is 377 cm³/mol. The average molecular weight is 1350 g/mol. The number of hydrogen-bond donors (Lipinski definition) is 8. The molecule has 22 nitrogen and oxygen atoms in total. The van der Waals surface area contributed by atoms with Crippen molar-refractivity contribution in [1.29, 1.82) is 0 Å². The lowest BCUT2D eigenvalue weighted by atomic mass is 9.62. The van der Waals surface area contributed by atoms with Gasteiger partial charge in [-0.2, -0.15) is 4.99 Å². The topological polar surface area (TPSA) is 307 Å². The number of urea groups is 2. The standard InChI is InChI=1S/C74H123N9O13/c1-11-13-15-29-35-58(95-69(91)78-56-44-71(5,6)50-73(9,46-56)52-75-67(89)81-61-41-54(3)42-62(85)80-61)37-31-25-21-17-19-23-27-33-39-64(87)93-49-60(48-84)94-65(88)40-34-28-24-20-18-22-26-32-38-59(36-30-16-14-12-2)96-70(92)79-57-45-72(7,8)51-74(10,47-57)53-76-68(90)83-66-77-55(4)43-63(86)82-66/h25-26,31-32,42-43,56-60,84H,11-24,27-30,33-41,44-53H2,1-10H3,(H,78,91)(H,79,92)(H2,75,80,81,85,89)(H3,76,77,82,83,86,90)/b31-25+,32-26+. The van der Waals surface area contributed by atoms with E-state index in [1.807, 2.05) is 6.92 Å². The fourth-order valence-corrected chi connectivity index (χ4v) is 14.3. The van der Waals surface area contributed by atoms with Gasteiger partial charge in [-0.05, 0) is 138 Å². The Morgan fingerprint density at radius 2 is 1.14 bits per heavy atom. The molecule has 8 N–H and O–H groups in total. The zero-order valence-electron chi connectivity index (χ0n) is 60.3. The first-order valence-electron chi connectivity index (χ1n) is 36.3. The van der Waals surface area contributed by atoms with Crippen LogP contribution in [0.2, 0.25) is 0 Å². The Kier molecular flexibility index (Phi) is 37.2. The monoisotopic (exact) mass is 1350 g/mol. The first kappa shape index (κ1) is 81.8. The van der Waals surface area contributed by atoms with Crippen molar-refractivity contribution in [2.45, 2.75) is 312 Å². The zero-order valence-corrected chi connectivity index (χ0v) is 60.3. The Labute approximate surface area is 573 Å². The number of aliphatic hydroxyl groups is 1. The molecule has 22 heteroatoms. The summed E-state index contributed by atoms with van der Waals surface area (Å²) in [5.41, 5.74) is 0.210. The number of hydrogen-bond acceptors (Lipinski definition) is 14. The Morgan fingerprint density at radius 1 is 0.635 bits per heavy atom. The number of H-pyrrole nitrogens is 1. The minimum atomic E-state index is -0.905. The van der Waals surface area contributed by atoms with E-state index in [0.29, 0.717) is 69.6 Å². The van der Waals surface area contributed by atoms with Crippen LogP contribution in [0.25, 0.3) is 0 Å². The third-order valence-corrected chi connectivity index (χ3v) is 18.2. The van der Waals surface area contributed by atoms with Gasteiger partial charge in [-0.25, -0.2) is 24.2 Å². The smallest absolute Gasteiger partial charge is 0.407 e. The molecule has 1 aliphatic heterocycles. The van der Waals surface area contributed by atoms with Gasteiger partial charge in [-0.1, -0.05) is 162 Å². The largest absolute Gasteiger partial charge is 0.462 e. The highest BCUT2D eigenvalue weighted by Gasteiger charge is 2.44. The molecule has 0 bridgehead atoms. The lowest BCUT2D eigenvalue weighted by Crippen LogP contribution is -2.51. The second-order valence-corrected chi connectivity index (χ2v) is 30.0. The average Bonchev–Trinajstić information content (AvgIpc) is 0.811. The molecule has 96 heavy (non-hydrogen) atoms. The molecule has 2 saturated carbocycles. The van der Waals surface area contributed by atoms with Gasteiger partial charge in [0, 0.05) is 75.1 Å². The number of rotatable bonds is 43. The van der Waals surface area contributed by atoms with Gasteiger partial charge in [0.05, 0.1) is 6.61 Å². The highest BCUT2D eigenvalue weighted by atomic mass is 16.6. The van der Waals surface area contributed by atoms with Gasteiger partial charge in [0.1, 0.15) is 24.7 Å². The number of unbranched alkanes of at least 4 members (excludes halogenated alkanes) is 16. The van der Waals surface area contributed by atoms with Gasteiger partial charge >= 0.3 is 36.2 Å². The SMILES string of the molecule is CCCCCCC(C/C=C/CCCCCCCC(=O)OCC(CO)OC(=O)CCCCCCC/C=C/CC(CCCCCC)OC(=O)NC1CC(C)(C)CC(C)(CNC(=O)Nc2nc(C)cc(=O)[nH]2)C1)OC(=O)NC1CC(C)(C)CC(C)(CNC(=O)/N=C2\CC(C)=CC(=O)N2)C1. The Hall–Kier alpha value is -6.58. The molecule has 2 heterocycles. The van der Waals surface area contributed by atoms with Crippen molar-refractivity contribution in [1.82, 2.24) is 36.6 Å². The van der Waals surface area contributed by atoms with E-state index < -0.39 is 42.9 Å². The summed E-state index contributed by atoms with van der Waals surface area (Å²) in [5, 5.41) is 27.3. The number of carbonyl (C=O) groups is 7. The number of aromatic amines is 1. The fraction of sp³-hybridized carbons (Fsp3) is 0.757. The third-order valence-electron chi connectivity index (χ3n) is 18.2. The van der Waals surface area contributed by atoms with Crippen LogP contribution in [0.3, 0.4) is 0 Å². The first-order chi connectivity index (χ1) is 45.7. The lowest BCUT2D eigenvalue weighted by Gasteiger charge is -2.46. The molecule has 0 saturated heterocycles. The molecule has 0 aromatic carbocycles. The van der Waals surface area contributed by atoms with Crippen LogP contribution in [-0.4, -0.2) is 120 Å². The number of aryl methyl sites for hydroxylation is 1. The molecule has 7 amide bonds. The molecule has 4 rings (SSSR count). The second kappa shape index (κ2) is 43.7. The molecule has 2 aliphatic carbocycles. The van der Waals surface area contributed by atoms with Crippen LogP contribution in [0.5, 0.6) is 0 Å². The van der Waals surface area contributed by atoms with E-state index in [9.17, 15) is 43.5 Å². The predicted octanol–water partition coefficient (Wildman–Crippen LogP) is 14.9. The van der Waals surface area contributed by atoms with Crippen LogP contribution >= 0.6 is 0 Å². The van der Waals surface area contributed by atoms with Gasteiger partial charge < -0.3 is 50.6 Å². The number of aromatic nitrogens is 2. The summed E-state index contributed by atoms with van der Waals surface area (Å²) in [6.07, 6.45) is 35.6. The van der Waals surface area contributed by atoms with Crippen LogP contribution in [0.4, 0.5) is 25.1 Å². The maximum absolute atomic E-state index is 13.4. The van der Waals surface area contributed by atoms with Crippen molar-refractivity contribution in [2.24, 2.45) is 26.7 Å². The molecular weight excluding hydrogens is 1220 g/mol. The van der Waals surface area contributed by atoms with Gasteiger partial charge in [-0.15, -0.1) is 0 Å². The van der Waals surface area contributed by atoms with E-state index in [0.717, 1.165) is 160 Å². The Balaban J connectivity index is 1.04. The van der Waals surface area contributed by atoms with Crippen LogP contribution in [0.1, 0.15) is 280 Å². The molecule has 542 valence electrons. The molecule has 3 aliphatic rings. The maximum Gasteiger partial charge on any atom is 0.407 e. The number of esters is 2. The Bertz CT molecular complexity index is 2760. The lowest BCUT2D eigenvalue weighted by molar-refractivity contribution is -0.161. The van der Waals surface area contributed by atoms with Gasteiger partial charge in [0.2, 0.25) is 11.9 Å². The van der Waals surface area contributed by atoms with Gasteiger partial charge in [0.15, 0.2) is 6.10 Å². The highest BCUT2D eigenvalue weighted by Crippen LogP contribution is 2.47. The first-order valence-corrected chi connectivity index (χ1v) is 36.3. The minimum absolute atomic E-state index is 0.0821. The number of amides is 7. The number of aliphatic hydroxyl groups excluding tert-OH is 1. The van der Waals surface area contributed by atoms with Crippen molar-refractivity contribution in [2.75, 3.05) is 31.6 Å². The summed E-state index contributed by atoms with van der Waals surface area (Å²) >= 11 is 0. The van der Waals surface area contributed by atoms with E-state index in [4.69, 9.17) is 18.9 Å². The van der Waals surface area contributed by atoms with Gasteiger partial charge in [0.25, 0.3) is 5.56 Å². The summed E-state index contributed by atoms with van der Waals surface area (Å²) in [6.45, 7) is 21.0. The van der Waals surface area contributed by atoms with Crippen LogP contribution in [0.15, 0.2) is 51.8 Å². The summed E-state index contributed by atoms with van der Waals surface area (Å²) in [7, 11) is 0. The Morgan fingerprint density at radius 3 is 1.65 bits per heavy atom. The molecule has 7 unspecified atom stereocenters. The summed E-state index contributed by atoms with van der Waals surface area (Å²) in [6, 6.07) is 0.124. The highest BCUT2D eigenvalue weighted by molar-refractivity contribution is 6.09. The molecule has 2 fully saturated rings. The number of amidine groups is 1. The minimum Gasteiger partial charge on any atom is -0.462 e. The van der Waals surface area contributed by atoms with Crippen LogP contribution < -0.4 is 37.5 Å². The van der Waals surface area contributed by atoms with E-state index in [1.54, 1.807) is 6.92 Å². The van der Waals surface area contributed by atoms with E-state index in [1.165, 1.54) is 12.1 Å². The molecular formula is C74H123N9O13. The van der Waals surface area contributed by atoms with Crippen molar-refractivity contribution in [3.63, 3.8) is 0 Å². The number of nitrogens with zero attached hydrogens (tertiary/aromatic N) is 2. The molecule has 7 atom stereocenters. The quantitative estimate of drug-likeness (QED) is 0.0131. The van der Waals surface area contributed by atoms with Crippen LogP contribution in [-0.2, 0) is 33.3 Å². The number of alkyl carbamates (subject to hydrolysis) is 2. The molecule has 1 aromatic rings. The van der Waals surface area contributed by atoms with E-state index >= 15 is 0 Å². The van der Waals surface area contributed by atoms with Crippen molar-refractivity contribution < 1.29 is 57.6 Å².